The zero-order valence-electron chi connectivity index (χ0n) is 12.2. The summed E-state index contributed by atoms with van der Waals surface area (Å²) in [5, 5.41) is 3.26. The van der Waals surface area contributed by atoms with Crippen LogP contribution >= 0.6 is 0 Å². The Labute approximate surface area is 125 Å². The highest BCUT2D eigenvalue weighted by molar-refractivity contribution is 5.77. The molecule has 1 N–H and O–H groups in total. The lowest BCUT2D eigenvalue weighted by atomic mass is 10.1. The van der Waals surface area contributed by atoms with Crippen molar-refractivity contribution in [1.82, 2.24) is 10.2 Å². The number of nitrogens with zero attached hydrogens (tertiary/aromatic N) is 1. The van der Waals surface area contributed by atoms with E-state index < -0.39 is 0 Å². The normalized spacial score (nSPS) is 26.6. The molecule has 2 aliphatic heterocycles. The average molecular weight is 290 g/mol. The van der Waals surface area contributed by atoms with E-state index in [1.54, 1.807) is 0 Å². The summed E-state index contributed by atoms with van der Waals surface area (Å²) in [6.45, 7) is 4.21. The molecule has 2 unspecified atom stereocenters. The van der Waals surface area contributed by atoms with E-state index in [4.69, 9.17) is 9.47 Å². The van der Waals surface area contributed by atoms with Crippen molar-refractivity contribution in [3.05, 3.63) is 35.9 Å². The van der Waals surface area contributed by atoms with Crippen LogP contribution in [0.2, 0.25) is 0 Å². The minimum atomic E-state index is -0.0192. The summed E-state index contributed by atoms with van der Waals surface area (Å²) in [5.74, 6) is 0.160. The van der Waals surface area contributed by atoms with Crippen LogP contribution in [0.1, 0.15) is 18.1 Å². The van der Waals surface area contributed by atoms with Crippen LogP contribution in [-0.2, 0) is 14.3 Å². The predicted octanol–water partition coefficient (Wildman–Crippen LogP) is 0.965. The minimum Gasteiger partial charge on any atom is -0.375 e. The van der Waals surface area contributed by atoms with Gasteiger partial charge in [-0.25, -0.2) is 0 Å². The number of nitrogens with one attached hydrogen (secondary N) is 1. The first-order valence-electron chi connectivity index (χ1n) is 7.59. The molecule has 21 heavy (non-hydrogen) atoms. The van der Waals surface area contributed by atoms with Crippen molar-refractivity contribution in [2.24, 2.45) is 0 Å². The Morgan fingerprint density at radius 1 is 1.24 bits per heavy atom. The van der Waals surface area contributed by atoms with Crippen molar-refractivity contribution >= 4 is 5.91 Å². The number of amides is 1. The molecule has 3 rings (SSSR count). The van der Waals surface area contributed by atoms with Crippen LogP contribution in [-0.4, -0.2) is 56.3 Å². The summed E-state index contributed by atoms with van der Waals surface area (Å²) >= 11 is 0. The summed E-state index contributed by atoms with van der Waals surface area (Å²) in [7, 11) is 0. The SMILES string of the molecule is O=C(CC1CNCCO1)N1CCOC(c2ccccc2)C1. The van der Waals surface area contributed by atoms with Crippen LogP contribution in [0.25, 0.3) is 0 Å². The Bertz CT molecular complexity index is 460. The predicted molar refractivity (Wildman–Crippen MR) is 78.9 cm³/mol. The molecule has 5 nitrogen and oxygen atoms in total. The molecular formula is C16H22N2O3. The van der Waals surface area contributed by atoms with E-state index in [9.17, 15) is 4.79 Å². The van der Waals surface area contributed by atoms with E-state index in [1.807, 2.05) is 35.2 Å². The van der Waals surface area contributed by atoms with Crippen molar-refractivity contribution < 1.29 is 14.3 Å². The van der Waals surface area contributed by atoms with E-state index >= 15 is 0 Å². The number of benzene rings is 1. The van der Waals surface area contributed by atoms with Gasteiger partial charge in [0.1, 0.15) is 6.10 Å². The molecule has 1 aromatic rings. The minimum absolute atomic E-state index is 0.00395. The van der Waals surface area contributed by atoms with Gasteiger partial charge in [0, 0.05) is 19.6 Å². The molecule has 1 amide bonds. The zero-order chi connectivity index (χ0) is 14.5. The maximum Gasteiger partial charge on any atom is 0.225 e. The molecule has 0 aliphatic carbocycles. The smallest absolute Gasteiger partial charge is 0.225 e. The molecule has 2 heterocycles. The fraction of sp³-hybridized carbons (Fsp3) is 0.562. The van der Waals surface area contributed by atoms with Gasteiger partial charge in [0.25, 0.3) is 0 Å². The highest BCUT2D eigenvalue weighted by atomic mass is 16.5. The molecule has 0 spiro atoms. The number of morpholine rings is 2. The van der Waals surface area contributed by atoms with E-state index in [2.05, 4.69) is 5.32 Å². The standard InChI is InChI=1S/C16H22N2O3/c19-16(10-14-11-17-6-8-20-14)18-7-9-21-15(12-18)13-4-2-1-3-5-13/h1-5,14-15,17H,6-12H2. The van der Waals surface area contributed by atoms with Crippen LogP contribution in [0.5, 0.6) is 0 Å². The lowest BCUT2D eigenvalue weighted by Crippen LogP contribution is -2.46. The molecule has 0 radical (unpaired) electrons. The summed E-state index contributed by atoms with van der Waals surface area (Å²) in [6, 6.07) is 10.1. The average Bonchev–Trinajstić information content (AvgIpc) is 2.57. The Balaban J connectivity index is 1.56. The molecule has 0 saturated carbocycles. The Morgan fingerprint density at radius 2 is 2.10 bits per heavy atom. The van der Waals surface area contributed by atoms with Gasteiger partial charge in [0.2, 0.25) is 5.91 Å². The van der Waals surface area contributed by atoms with Gasteiger partial charge < -0.3 is 19.7 Å². The van der Waals surface area contributed by atoms with E-state index in [0.717, 1.165) is 18.7 Å². The van der Waals surface area contributed by atoms with Crippen molar-refractivity contribution in [3.8, 4) is 0 Å². The van der Waals surface area contributed by atoms with Crippen molar-refractivity contribution in [1.29, 1.82) is 0 Å². The third-order valence-electron chi connectivity index (χ3n) is 4.00. The van der Waals surface area contributed by atoms with Gasteiger partial charge in [-0.15, -0.1) is 0 Å². The van der Waals surface area contributed by atoms with Gasteiger partial charge in [0.15, 0.2) is 0 Å². The van der Waals surface area contributed by atoms with Crippen molar-refractivity contribution in [2.75, 3.05) is 39.4 Å². The maximum absolute atomic E-state index is 12.4. The second kappa shape index (κ2) is 7.02. The molecule has 0 bridgehead atoms. The van der Waals surface area contributed by atoms with Crippen LogP contribution in [0.4, 0.5) is 0 Å². The molecule has 2 atom stereocenters. The lowest BCUT2D eigenvalue weighted by molar-refractivity contribution is -0.142. The zero-order valence-corrected chi connectivity index (χ0v) is 12.2. The summed E-state index contributed by atoms with van der Waals surface area (Å²) in [5.41, 5.74) is 1.13. The quantitative estimate of drug-likeness (QED) is 0.901. The van der Waals surface area contributed by atoms with E-state index in [-0.39, 0.29) is 18.1 Å². The molecule has 2 fully saturated rings. The molecule has 5 heteroatoms. The maximum atomic E-state index is 12.4. The van der Waals surface area contributed by atoms with Gasteiger partial charge in [-0.1, -0.05) is 30.3 Å². The van der Waals surface area contributed by atoms with Gasteiger partial charge in [0.05, 0.1) is 32.3 Å². The fourth-order valence-corrected chi connectivity index (χ4v) is 2.82. The van der Waals surface area contributed by atoms with Crippen LogP contribution < -0.4 is 5.32 Å². The second-order valence-electron chi connectivity index (χ2n) is 5.51. The monoisotopic (exact) mass is 290 g/mol. The van der Waals surface area contributed by atoms with E-state index in [0.29, 0.717) is 32.7 Å². The van der Waals surface area contributed by atoms with Gasteiger partial charge in [-0.05, 0) is 5.56 Å². The third-order valence-corrected chi connectivity index (χ3v) is 4.00. The third kappa shape index (κ3) is 3.81. The number of hydrogen-bond donors (Lipinski definition) is 1. The lowest BCUT2D eigenvalue weighted by Gasteiger charge is -2.34. The number of carbonyl (C=O) groups excluding carboxylic acids is 1. The number of hydrogen-bond acceptors (Lipinski definition) is 4. The Hall–Kier alpha value is -1.43. The highest BCUT2D eigenvalue weighted by Crippen LogP contribution is 2.22. The number of rotatable bonds is 3. The van der Waals surface area contributed by atoms with Crippen LogP contribution in [0.3, 0.4) is 0 Å². The molecule has 1 aromatic carbocycles. The van der Waals surface area contributed by atoms with Crippen molar-refractivity contribution in [2.45, 2.75) is 18.6 Å². The Morgan fingerprint density at radius 3 is 2.86 bits per heavy atom. The van der Waals surface area contributed by atoms with Crippen molar-refractivity contribution in [3.63, 3.8) is 0 Å². The van der Waals surface area contributed by atoms with Crippen LogP contribution in [0.15, 0.2) is 30.3 Å². The summed E-state index contributed by atoms with van der Waals surface area (Å²) < 4.78 is 11.4. The molecule has 0 aromatic heterocycles. The van der Waals surface area contributed by atoms with Gasteiger partial charge >= 0.3 is 0 Å². The van der Waals surface area contributed by atoms with E-state index in [1.165, 1.54) is 0 Å². The van der Waals surface area contributed by atoms with Gasteiger partial charge in [-0.3, -0.25) is 4.79 Å². The molecule has 2 aliphatic rings. The Kier molecular flexibility index (Phi) is 4.85. The highest BCUT2D eigenvalue weighted by Gasteiger charge is 2.27. The first-order valence-corrected chi connectivity index (χ1v) is 7.59. The summed E-state index contributed by atoms with van der Waals surface area (Å²) in [6.07, 6.45) is 0.438. The van der Waals surface area contributed by atoms with Gasteiger partial charge in [-0.2, -0.15) is 0 Å². The van der Waals surface area contributed by atoms with Crippen LogP contribution in [0, 0.1) is 0 Å². The number of carbonyl (C=O) groups is 1. The summed E-state index contributed by atoms with van der Waals surface area (Å²) in [4.78, 5) is 14.3. The fourth-order valence-electron chi connectivity index (χ4n) is 2.82. The largest absolute Gasteiger partial charge is 0.375 e. The topological polar surface area (TPSA) is 50.8 Å². The first-order chi connectivity index (χ1) is 10.3. The molecular weight excluding hydrogens is 268 g/mol. The first kappa shape index (κ1) is 14.5. The number of ether oxygens (including phenoxy) is 2. The second-order valence-corrected chi connectivity index (χ2v) is 5.51. The molecule has 114 valence electrons. The molecule has 2 saturated heterocycles.